The van der Waals surface area contributed by atoms with E-state index in [1.807, 2.05) is 18.2 Å². The first-order valence-electron chi connectivity index (χ1n) is 9.98. The second-order valence-electron chi connectivity index (χ2n) is 8.55. The van der Waals surface area contributed by atoms with Crippen LogP contribution in [-0.4, -0.2) is 18.8 Å². The van der Waals surface area contributed by atoms with E-state index in [-0.39, 0.29) is 17.6 Å². The Kier molecular flexibility index (Phi) is 5.09. The third-order valence-corrected chi connectivity index (χ3v) is 5.44. The van der Waals surface area contributed by atoms with Gasteiger partial charge in [0.1, 0.15) is 11.7 Å². The molecule has 0 bridgehead atoms. The summed E-state index contributed by atoms with van der Waals surface area (Å²) in [5, 5.41) is 0. The smallest absolute Gasteiger partial charge is 0.143 e. The number of hydrogen-bond acceptors (Lipinski definition) is 2. The molecule has 0 amide bonds. The van der Waals surface area contributed by atoms with Gasteiger partial charge in [-0.1, -0.05) is 112 Å². The van der Waals surface area contributed by atoms with Crippen molar-refractivity contribution >= 4 is 0 Å². The fourth-order valence-corrected chi connectivity index (χ4v) is 4.01. The number of epoxide rings is 1. The summed E-state index contributed by atoms with van der Waals surface area (Å²) in [6, 6.07) is 31.5. The highest BCUT2D eigenvalue weighted by atomic mass is 16.6. The topological polar surface area (TPSA) is 21.8 Å². The van der Waals surface area contributed by atoms with Gasteiger partial charge < -0.3 is 9.47 Å². The maximum Gasteiger partial charge on any atom is 0.143 e. The molecule has 0 radical (unpaired) electrons. The van der Waals surface area contributed by atoms with Crippen molar-refractivity contribution in [1.29, 1.82) is 0 Å². The predicted octanol–water partition coefficient (Wildman–Crippen LogP) is 5.81. The molecule has 2 atom stereocenters. The van der Waals surface area contributed by atoms with Crippen LogP contribution in [0.1, 0.15) is 37.5 Å². The standard InChI is InChI=1S/C26H28O2/c1-25(2,3)24-23(28-24)19-27-26(20-13-7-4-8-14-20,21-15-9-5-10-16-21)22-17-11-6-12-18-22/h4-18,23-24H,19H2,1-3H3/t23-,24+/m0/s1. The van der Waals surface area contributed by atoms with E-state index in [4.69, 9.17) is 9.47 Å². The van der Waals surface area contributed by atoms with E-state index in [2.05, 4.69) is 93.6 Å². The lowest BCUT2D eigenvalue weighted by Gasteiger charge is -2.36. The summed E-state index contributed by atoms with van der Waals surface area (Å²) in [7, 11) is 0. The molecule has 4 rings (SSSR count). The first kappa shape index (κ1) is 18.9. The first-order valence-corrected chi connectivity index (χ1v) is 9.98. The molecule has 3 aromatic rings. The molecule has 0 saturated carbocycles. The molecule has 1 saturated heterocycles. The van der Waals surface area contributed by atoms with Gasteiger partial charge in [0.25, 0.3) is 0 Å². The van der Waals surface area contributed by atoms with E-state index >= 15 is 0 Å². The predicted molar refractivity (Wildman–Crippen MR) is 113 cm³/mol. The van der Waals surface area contributed by atoms with E-state index < -0.39 is 5.60 Å². The lowest BCUT2D eigenvalue weighted by atomic mass is 9.80. The maximum absolute atomic E-state index is 6.81. The number of ether oxygens (including phenoxy) is 2. The first-order chi connectivity index (χ1) is 13.5. The zero-order valence-electron chi connectivity index (χ0n) is 16.8. The van der Waals surface area contributed by atoms with Crippen molar-refractivity contribution in [2.75, 3.05) is 6.61 Å². The molecule has 2 heteroatoms. The Bertz CT molecular complexity index is 785. The second kappa shape index (κ2) is 7.54. The summed E-state index contributed by atoms with van der Waals surface area (Å²) in [5.41, 5.74) is 2.84. The van der Waals surface area contributed by atoms with Gasteiger partial charge in [0.05, 0.1) is 12.7 Å². The zero-order valence-corrected chi connectivity index (χ0v) is 16.8. The van der Waals surface area contributed by atoms with Crippen molar-refractivity contribution in [3.8, 4) is 0 Å². The summed E-state index contributed by atoms with van der Waals surface area (Å²) in [5.74, 6) is 0. The Morgan fingerprint density at radius 1 is 0.679 bits per heavy atom. The zero-order chi connectivity index (χ0) is 19.6. The van der Waals surface area contributed by atoms with Crippen LogP contribution >= 0.6 is 0 Å². The monoisotopic (exact) mass is 372 g/mol. The second-order valence-corrected chi connectivity index (χ2v) is 8.55. The van der Waals surface area contributed by atoms with Gasteiger partial charge in [-0.3, -0.25) is 0 Å². The van der Waals surface area contributed by atoms with Crippen molar-refractivity contribution in [2.24, 2.45) is 5.41 Å². The van der Waals surface area contributed by atoms with Gasteiger partial charge in [-0.25, -0.2) is 0 Å². The van der Waals surface area contributed by atoms with Crippen molar-refractivity contribution in [1.82, 2.24) is 0 Å². The Morgan fingerprint density at radius 2 is 1.07 bits per heavy atom. The molecule has 0 unspecified atom stereocenters. The Balaban J connectivity index is 1.78. The van der Waals surface area contributed by atoms with Crippen molar-refractivity contribution < 1.29 is 9.47 Å². The summed E-state index contributed by atoms with van der Waals surface area (Å²) in [6.45, 7) is 7.21. The number of benzene rings is 3. The SMILES string of the molecule is CC(C)(C)[C@@H]1O[C@H]1COC(c1ccccc1)(c1ccccc1)c1ccccc1. The molecule has 1 fully saturated rings. The minimum atomic E-state index is -0.668. The normalized spacial score (nSPS) is 19.4. The summed E-state index contributed by atoms with van der Waals surface area (Å²) < 4.78 is 12.8. The largest absolute Gasteiger partial charge is 0.367 e. The third-order valence-electron chi connectivity index (χ3n) is 5.44. The average Bonchev–Trinajstić information content (AvgIpc) is 3.51. The van der Waals surface area contributed by atoms with Gasteiger partial charge in [0, 0.05) is 0 Å². The molecule has 3 aromatic carbocycles. The quantitative estimate of drug-likeness (QED) is 0.402. The molecule has 2 nitrogen and oxygen atoms in total. The molecule has 1 aliphatic heterocycles. The minimum absolute atomic E-state index is 0.128. The van der Waals surface area contributed by atoms with Gasteiger partial charge in [0.15, 0.2) is 0 Å². The van der Waals surface area contributed by atoms with Crippen LogP contribution in [0, 0.1) is 5.41 Å². The van der Waals surface area contributed by atoms with Gasteiger partial charge in [0.2, 0.25) is 0 Å². The highest BCUT2D eigenvalue weighted by molar-refractivity contribution is 5.47. The fraction of sp³-hybridized carbons (Fsp3) is 0.308. The van der Waals surface area contributed by atoms with E-state index in [1.54, 1.807) is 0 Å². The molecule has 0 aliphatic carbocycles. The molecular formula is C26H28O2. The van der Waals surface area contributed by atoms with Crippen LogP contribution in [0.3, 0.4) is 0 Å². The van der Waals surface area contributed by atoms with Gasteiger partial charge in [-0.2, -0.15) is 0 Å². The number of rotatable bonds is 6. The average molecular weight is 373 g/mol. The van der Waals surface area contributed by atoms with Crippen LogP contribution in [0.15, 0.2) is 91.0 Å². The van der Waals surface area contributed by atoms with Gasteiger partial charge in [-0.05, 0) is 22.1 Å². The van der Waals surface area contributed by atoms with Crippen LogP contribution in [0.4, 0.5) is 0 Å². The minimum Gasteiger partial charge on any atom is -0.367 e. The van der Waals surface area contributed by atoms with E-state index in [0.717, 1.165) is 16.7 Å². The number of hydrogen-bond donors (Lipinski definition) is 0. The van der Waals surface area contributed by atoms with Crippen molar-refractivity contribution in [2.45, 2.75) is 38.6 Å². The van der Waals surface area contributed by atoms with E-state index in [9.17, 15) is 0 Å². The van der Waals surface area contributed by atoms with Crippen molar-refractivity contribution in [3.63, 3.8) is 0 Å². The summed E-state index contributed by atoms with van der Waals surface area (Å²) in [6.07, 6.45) is 0.378. The lowest BCUT2D eigenvalue weighted by Crippen LogP contribution is -2.34. The lowest BCUT2D eigenvalue weighted by molar-refractivity contribution is 0.00422. The van der Waals surface area contributed by atoms with Gasteiger partial charge in [-0.15, -0.1) is 0 Å². The van der Waals surface area contributed by atoms with Crippen LogP contribution < -0.4 is 0 Å². The fourth-order valence-electron chi connectivity index (χ4n) is 4.01. The highest BCUT2D eigenvalue weighted by Crippen LogP contribution is 2.43. The third kappa shape index (κ3) is 3.63. The highest BCUT2D eigenvalue weighted by Gasteiger charge is 2.49. The maximum atomic E-state index is 6.81. The molecule has 0 spiro atoms. The van der Waals surface area contributed by atoms with Gasteiger partial charge >= 0.3 is 0 Å². The van der Waals surface area contributed by atoms with Crippen LogP contribution in [0.5, 0.6) is 0 Å². The van der Waals surface area contributed by atoms with E-state index in [0.29, 0.717) is 6.61 Å². The van der Waals surface area contributed by atoms with E-state index in [1.165, 1.54) is 0 Å². The Hall–Kier alpha value is -2.42. The molecule has 1 aliphatic rings. The Morgan fingerprint density at radius 3 is 1.39 bits per heavy atom. The summed E-state index contributed by atoms with van der Waals surface area (Å²) >= 11 is 0. The molecule has 28 heavy (non-hydrogen) atoms. The van der Waals surface area contributed by atoms with Crippen LogP contribution in [0.25, 0.3) is 0 Å². The van der Waals surface area contributed by atoms with Crippen LogP contribution in [0.2, 0.25) is 0 Å². The molecular weight excluding hydrogens is 344 g/mol. The Labute approximate surface area is 168 Å². The molecule has 0 N–H and O–H groups in total. The summed E-state index contributed by atoms with van der Waals surface area (Å²) in [4.78, 5) is 0. The van der Waals surface area contributed by atoms with Crippen molar-refractivity contribution in [3.05, 3.63) is 108 Å². The molecule has 144 valence electrons. The van der Waals surface area contributed by atoms with Crippen LogP contribution in [-0.2, 0) is 15.1 Å². The molecule has 1 heterocycles. The molecule has 0 aromatic heterocycles.